The Morgan fingerprint density at radius 1 is 1.26 bits per heavy atom. The molecular weight excluding hydrogens is 240 g/mol. The Hall–Kier alpha value is -0.610. The van der Waals surface area contributed by atoms with Gasteiger partial charge < -0.3 is 15.3 Å². The van der Waals surface area contributed by atoms with Crippen molar-refractivity contribution in [3.05, 3.63) is 0 Å². The molecule has 1 aliphatic carbocycles. The van der Waals surface area contributed by atoms with Crippen LogP contribution in [-0.2, 0) is 4.79 Å². The topological polar surface area (TPSA) is 52.6 Å². The van der Waals surface area contributed by atoms with Gasteiger partial charge in [0, 0.05) is 13.6 Å². The van der Waals surface area contributed by atoms with Crippen LogP contribution in [0.1, 0.15) is 52.4 Å². The molecular formula is C15H28N2O2. The second-order valence-electron chi connectivity index (χ2n) is 7.11. The van der Waals surface area contributed by atoms with E-state index in [-0.39, 0.29) is 17.4 Å². The molecule has 1 amide bonds. The van der Waals surface area contributed by atoms with Crippen molar-refractivity contribution in [2.45, 2.75) is 64.0 Å². The summed E-state index contributed by atoms with van der Waals surface area (Å²) in [5.74, 6) is 0.130. The van der Waals surface area contributed by atoms with Crippen LogP contribution in [0.3, 0.4) is 0 Å². The minimum absolute atomic E-state index is 0.00187. The molecule has 19 heavy (non-hydrogen) atoms. The van der Waals surface area contributed by atoms with E-state index in [1.165, 1.54) is 0 Å². The number of hydrogen-bond donors (Lipinski definition) is 2. The number of carbonyl (C=O) groups excluding carboxylic acids is 1. The molecule has 1 saturated heterocycles. The number of nitrogens with one attached hydrogen (secondary N) is 1. The van der Waals surface area contributed by atoms with E-state index in [1.54, 1.807) is 4.90 Å². The maximum atomic E-state index is 12.6. The van der Waals surface area contributed by atoms with E-state index in [0.29, 0.717) is 6.54 Å². The predicted octanol–water partition coefficient (Wildman–Crippen LogP) is 1.53. The molecule has 1 atom stereocenters. The van der Waals surface area contributed by atoms with E-state index >= 15 is 0 Å². The van der Waals surface area contributed by atoms with E-state index in [9.17, 15) is 9.90 Å². The van der Waals surface area contributed by atoms with Gasteiger partial charge in [-0.15, -0.1) is 0 Å². The van der Waals surface area contributed by atoms with Crippen molar-refractivity contribution < 1.29 is 9.90 Å². The Morgan fingerprint density at radius 2 is 1.89 bits per heavy atom. The number of carbonyl (C=O) groups is 1. The summed E-state index contributed by atoms with van der Waals surface area (Å²) in [4.78, 5) is 14.3. The minimum Gasteiger partial charge on any atom is -0.388 e. The normalized spacial score (nSPS) is 29.2. The van der Waals surface area contributed by atoms with Gasteiger partial charge >= 0.3 is 0 Å². The van der Waals surface area contributed by atoms with E-state index in [1.807, 2.05) is 7.05 Å². The van der Waals surface area contributed by atoms with Gasteiger partial charge in [0.25, 0.3) is 0 Å². The highest BCUT2D eigenvalue weighted by atomic mass is 16.3. The fourth-order valence-electron chi connectivity index (χ4n) is 3.56. The highest BCUT2D eigenvalue weighted by molar-refractivity contribution is 5.82. The van der Waals surface area contributed by atoms with Gasteiger partial charge in [-0.3, -0.25) is 4.79 Å². The fraction of sp³-hybridized carbons (Fsp3) is 0.933. The Balaban J connectivity index is 1.98. The minimum atomic E-state index is -0.650. The standard InChI is InChI=1S/C15H28N2O2/c1-14(2)7-6-10-16-12(14)13(18)17(3)11-15(19)8-4-5-9-15/h12,16,19H,4-11H2,1-3H3. The molecule has 1 unspecified atom stereocenters. The van der Waals surface area contributed by atoms with Gasteiger partial charge in [-0.2, -0.15) is 0 Å². The Morgan fingerprint density at radius 3 is 2.47 bits per heavy atom. The molecule has 2 rings (SSSR count). The third kappa shape index (κ3) is 3.29. The van der Waals surface area contributed by atoms with Crippen LogP contribution in [0.4, 0.5) is 0 Å². The van der Waals surface area contributed by atoms with E-state index in [0.717, 1.165) is 45.1 Å². The second kappa shape index (κ2) is 5.41. The summed E-state index contributed by atoms with van der Waals surface area (Å²) in [5.41, 5.74) is -0.648. The molecule has 2 N–H and O–H groups in total. The van der Waals surface area contributed by atoms with Crippen LogP contribution in [-0.4, -0.2) is 47.7 Å². The smallest absolute Gasteiger partial charge is 0.240 e. The Labute approximate surface area is 116 Å². The molecule has 0 aromatic rings. The van der Waals surface area contributed by atoms with Gasteiger partial charge in [-0.25, -0.2) is 0 Å². The lowest BCUT2D eigenvalue weighted by Crippen LogP contribution is -2.57. The molecule has 0 bridgehead atoms. The third-order valence-electron chi connectivity index (χ3n) is 4.82. The first-order valence-electron chi connectivity index (χ1n) is 7.55. The maximum Gasteiger partial charge on any atom is 0.240 e. The summed E-state index contributed by atoms with van der Waals surface area (Å²) in [7, 11) is 1.82. The highest BCUT2D eigenvalue weighted by Crippen LogP contribution is 2.33. The van der Waals surface area contributed by atoms with Gasteiger partial charge in [0.1, 0.15) is 0 Å². The number of aliphatic hydroxyl groups is 1. The van der Waals surface area contributed by atoms with Gasteiger partial charge in [-0.05, 0) is 37.6 Å². The molecule has 4 nitrogen and oxygen atoms in total. The average Bonchev–Trinajstić information content (AvgIpc) is 2.74. The summed E-state index contributed by atoms with van der Waals surface area (Å²) < 4.78 is 0. The molecule has 0 aromatic carbocycles. The highest BCUT2D eigenvalue weighted by Gasteiger charge is 2.40. The monoisotopic (exact) mass is 268 g/mol. The number of piperidine rings is 1. The van der Waals surface area contributed by atoms with Crippen molar-refractivity contribution >= 4 is 5.91 Å². The van der Waals surface area contributed by atoms with Crippen LogP contribution >= 0.6 is 0 Å². The number of amides is 1. The predicted molar refractivity (Wildman–Crippen MR) is 75.9 cm³/mol. The molecule has 0 aromatic heterocycles. The molecule has 110 valence electrons. The van der Waals surface area contributed by atoms with Crippen molar-refractivity contribution in [3.8, 4) is 0 Å². The fourth-order valence-corrected chi connectivity index (χ4v) is 3.56. The van der Waals surface area contributed by atoms with Crippen molar-refractivity contribution in [1.82, 2.24) is 10.2 Å². The first kappa shape index (κ1) is 14.8. The van der Waals surface area contributed by atoms with Crippen molar-refractivity contribution in [1.29, 1.82) is 0 Å². The van der Waals surface area contributed by atoms with Crippen LogP contribution in [0.2, 0.25) is 0 Å². The van der Waals surface area contributed by atoms with Gasteiger partial charge in [0.2, 0.25) is 5.91 Å². The lowest BCUT2D eigenvalue weighted by molar-refractivity contribution is -0.139. The van der Waals surface area contributed by atoms with E-state index in [4.69, 9.17) is 0 Å². The zero-order chi connectivity index (χ0) is 14.1. The SMILES string of the molecule is CN(CC1(O)CCCC1)C(=O)C1NCCCC1(C)C. The number of rotatable bonds is 3. The maximum absolute atomic E-state index is 12.6. The van der Waals surface area contributed by atoms with Crippen LogP contribution < -0.4 is 5.32 Å². The molecule has 2 aliphatic rings. The van der Waals surface area contributed by atoms with Crippen molar-refractivity contribution in [3.63, 3.8) is 0 Å². The second-order valence-corrected chi connectivity index (χ2v) is 7.11. The van der Waals surface area contributed by atoms with Gasteiger partial charge in [-0.1, -0.05) is 26.7 Å². The third-order valence-corrected chi connectivity index (χ3v) is 4.82. The first-order valence-corrected chi connectivity index (χ1v) is 7.55. The molecule has 0 radical (unpaired) electrons. The quantitative estimate of drug-likeness (QED) is 0.816. The number of nitrogens with zero attached hydrogens (tertiary/aromatic N) is 1. The van der Waals surface area contributed by atoms with Crippen LogP contribution in [0.25, 0.3) is 0 Å². The summed E-state index contributed by atoms with van der Waals surface area (Å²) in [5, 5.41) is 13.8. The molecule has 0 spiro atoms. The first-order chi connectivity index (χ1) is 8.84. The van der Waals surface area contributed by atoms with Crippen molar-refractivity contribution in [2.75, 3.05) is 20.1 Å². The zero-order valence-electron chi connectivity index (χ0n) is 12.5. The zero-order valence-corrected chi connectivity index (χ0v) is 12.5. The molecule has 1 heterocycles. The number of likely N-dealkylation sites (N-methyl/N-ethyl adjacent to an activating group) is 1. The largest absolute Gasteiger partial charge is 0.388 e. The molecule has 1 aliphatic heterocycles. The lowest BCUT2D eigenvalue weighted by atomic mass is 9.77. The lowest BCUT2D eigenvalue weighted by Gasteiger charge is -2.41. The van der Waals surface area contributed by atoms with E-state index < -0.39 is 5.60 Å². The summed E-state index contributed by atoms with van der Waals surface area (Å²) in [6.07, 6.45) is 6.01. The summed E-state index contributed by atoms with van der Waals surface area (Å²) in [6.45, 7) is 5.69. The van der Waals surface area contributed by atoms with Crippen molar-refractivity contribution in [2.24, 2.45) is 5.41 Å². The Bertz CT molecular complexity index is 335. The molecule has 1 saturated carbocycles. The van der Waals surface area contributed by atoms with Crippen LogP contribution in [0.15, 0.2) is 0 Å². The van der Waals surface area contributed by atoms with Crippen LogP contribution in [0.5, 0.6) is 0 Å². The van der Waals surface area contributed by atoms with E-state index in [2.05, 4.69) is 19.2 Å². The van der Waals surface area contributed by atoms with Gasteiger partial charge in [0.15, 0.2) is 0 Å². The Kier molecular flexibility index (Phi) is 4.21. The summed E-state index contributed by atoms with van der Waals surface area (Å²) >= 11 is 0. The van der Waals surface area contributed by atoms with Gasteiger partial charge in [0.05, 0.1) is 11.6 Å². The summed E-state index contributed by atoms with van der Waals surface area (Å²) in [6, 6.07) is -0.115. The number of hydrogen-bond acceptors (Lipinski definition) is 3. The molecule has 2 fully saturated rings. The molecule has 4 heteroatoms. The van der Waals surface area contributed by atoms with Crippen LogP contribution in [0, 0.1) is 5.41 Å². The average molecular weight is 268 g/mol.